The van der Waals surface area contributed by atoms with Gasteiger partial charge in [-0.25, -0.2) is 0 Å². The zero-order chi connectivity index (χ0) is 10.9. The summed E-state index contributed by atoms with van der Waals surface area (Å²) in [5.41, 5.74) is 0.883. The van der Waals surface area contributed by atoms with Gasteiger partial charge < -0.3 is 14.6 Å². The molecule has 15 heavy (non-hydrogen) atoms. The lowest BCUT2D eigenvalue weighted by molar-refractivity contribution is 0.00531. The molecule has 1 atom stereocenters. The Morgan fingerprint density at radius 3 is 2.47 bits per heavy atom. The van der Waals surface area contributed by atoms with Gasteiger partial charge in [-0.05, 0) is 12.5 Å². The van der Waals surface area contributed by atoms with Crippen molar-refractivity contribution >= 4 is 0 Å². The molecule has 1 rings (SSSR count). The summed E-state index contributed by atoms with van der Waals surface area (Å²) in [5, 5.41) is 9.71. The number of benzene rings is 1. The van der Waals surface area contributed by atoms with Crippen LogP contribution in [0.15, 0.2) is 30.3 Å². The second-order valence-electron chi connectivity index (χ2n) is 3.20. The van der Waals surface area contributed by atoms with E-state index in [9.17, 15) is 5.11 Å². The van der Waals surface area contributed by atoms with E-state index in [-0.39, 0.29) is 0 Å². The molecule has 0 bridgehead atoms. The molecule has 0 fully saturated rings. The number of hydrogen-bond donors (Lipinski definition) is 1. The Bertz CT molecular complexity index is 248. The predicted octanol–water partition coefficient (Wildman–Crippen LogP) is 1.77. The highest BCUT2D eigenvalue weighted by molar-refractivity contribution is 5.17. The van der Waals surface area contributed by atoms with Crippen LogP contribution in [0.25, 0.3) is 0 Å². The van der Waals surface area contributed by atoms with Gasteiger partial charge in [0, 0.05) is 6.61 Å². The second-order valence-corrected chi connectivity index (χ2v) is 3.20. The van der Waals surface area contributed by atoms with Crippen molar-refractivity contribution in [3.8, 4) is 0 Å². The average molecular weight is 210 g/mol. The minimum Gasteiger partial charge on any atom is -0.386 e. The number of aliphatic hydroxyl groups excluding tert-OH is 1. The van der Waals surface area contributed by atoms with Crippen molar-refractivity contribution < 1.29 is 14.6 Å². The molecule has 0 aliphatic rings. The molecule has 0 unspecified atom stereocenters. The summed E-state index contributed by atoms with van der Waals surface area (Å²) in [4.78, 5) is 0. The third kappa shape index (κ3) is 4.93. The summed E-state index contributed by atoms with van der Waals surface area (Å²) in [6.45, 7) is 4.07. The minimum absolute atomic E-state index is 0.317. The molecule has 3 nitrogen and oxygen atoms in total. The second kappa shape index (κ2) is 7.40. The molecule has 1 aromatic rings. The van der Waals surface area contributed by atoms with Gasteiger partial charge in [-0.2, -0.15) is 0 Å². The first-order chi connectivity index (χ1) is 7.34. The summed E-state index contributed by atoms with van der Waals surface area (Å²) in [5.74, 6) is 0. The monoisotopic (exact) mass is 210 g/mol. The molecule has 3 heteroatoms. The van der Waals surface area contributed by atoms with Crippen LogP contribution in [0.5, 0.6) is 0 Å². The highest BCUT2D eigenvalue weighted by atomic mass is 16.5. The van der Waals surface area contributed by atoms with Crippen molar-refractivity contribution in [2.45, 2.75) is 13.0 Å². The van der Waals surface area contributed by atoms with Crippen LogP contribution in [-0.2, 0) is 9.47 Å². The lowest BCUT2D eigenvalue weighted by Crippen LogP contribution is -2.11. The SMILES string of the molecule is CCOCCOC[C@H](O)c1ccccc1. The molecular formula is C12H18O3. The van der Waals surface area contributed by atoms with Crippen molar-refractivity contribution in [3.05, 3.63) is 35.9 Å². The average Bonchev–Trinajstić information content (AvgIpc) is 2.30. The molecule has 0 saturated carbocycles. The van der Waals surface area contributed by atoms with Crippen LogP contribution in [0, 0.1) is 0 Å². The van der Waals surface area contributed by atoms with Crippen LogP contribution >= 0.6 is 0 Å². The Hall–Kier alpha value is -0.900. The third-order valence-corrected chi connectivity index (χ3v) is 2.04. The van der Waals surface area contributed by atoms with Gasteiger partial charge in [0.1, 0.15) is 6.10 Å². The summed E-state index contributed by atoms with van der Waals surface area (Å²) in [6.07, 6.45) is -0.548. The quantitative estimate of drug-likeness (QED) is 0.697. The van der Waals surface area contributed by atoms with Crippen LogP contribution in [-0.4, -0.2) is 31.5 Å². The fraction of sp³-hybridized carbons (Fsp3) is 0.500. The van der Waals surface area contributed by atoms with E-state index in [1.54, 1.807) is 0 Å². The fourth-order valence-electron chi connectivity index (χ4n) is 1.23. The molecule has 0 amide bonds. The van der Waals surface area contributed by atoms with Crippen molar-refractivity contribution in [1.29, 1.82) is 0 Å². The maximum atomic E-state index is 9.71. The molecule has 0 spiro atoms. The molecule has 1 N–H and O–H groups in total. The summed E-state index contributed by atoms with van der Waals surface area (Å²) < 4.78 is 10.4. The standard InChI is InChI=1S/C12H18O3/c1-2-14-8-9-15-10-12(13)11-6-4-3-5-7-11/h3-7,12-13H,2,8-10H2,1H3/t12-/m0/s1. The summed E-state index contributed by atoms with van der Waals surface area (Å²) in [6, 6.07) is 9.50. The lowest BCUT2D eigenvalue weighted by atomic mass is 10.1. The number of aliphatic hydroxyl groups is 1. The van der Waals surface area contributed by atoms with Crippen molar-refractivity contribution in [1.82, 2.24) is 0 Å². The largest absolute Gasteiger partial charge is 0.386 e. The Morgan fingerprint density at radius 2 is 1.80 bits per heavy atom. The summed E-state index contributed by atoms with van der Waals surface area (Å²) >= 11 is 0. The van der Waals surface area contributed by atoms with Crippen LogP contribution in [0.3, 0.4) is 0 Å². The molecule has 0 aliphatic carbocycles. The van der Waals surface area contributed by atoms with Crippen LogP contribution in [0.4, 0.5) is 0 Å². The Balaban J connectivity index is 2.16. The fourth-order valence-corrected chi connectivity index (χ4v) is 1.23. The Morgan fingerprint density at radius 1 is 1.13 bits per heavy atom. The van der Waals surface area contributed by atoms with Crippen molar-refractivity contribution in [2.24, 2.45) is 0 Å². The third-order valence-electron chi connectivity index (χ3n) is 2.04. The maximum absolute atomic E-state index is 9.71. The predicted molar refractivity (Wildman–Crippen MR) is 58.7 cm³/mol. The number of rotatable bonds is 7. The summed E-state index contributed by atoms with van der Waals surface area (Å²) in [7, 11) is 0. The van der Waals surface area contributed by atoms with Crippen LogP contribution in [0.2, 0.25) is 0 Å². The number of ether oxygens (including phenoxy) is 2. The van der Waals surface area contributed by atoms with Crippen molar-refractivity contribution in [3.63, 3.8) is 0 Å². The molecule has 84 valence electrons. The highest BCUT2D eigenvalue weighted by Crippen LogP contribution is 2.11. The van der Waals surface area contributed by atoms with E-state index in [4.69, 9.17) is 9.47 Å². The molecule has 0 radical (unpaired) electrons. The molecule has 0 heterocycles. The zero-order valence-corrected chi connectivity index (χ0v) is 9.06. The molecule has 0 saturated heterocycles. The smallest absolute Gasteiger partial charge is 0.102 e. The lowest BCUT2D eigenvalue weighted by Gasteiger charge is -2.11. The van der Waals surface area contributed by atoms with Gasteiger partial charge in [0.2, 0.25) is 0 Å². The van der Waals surface area contributed by atoms with E-state index < -0.39 is 6.10 Å². The van der Waals surface area contributed by atoms with Crippen molar-refractivity contribution in [2.75, 3.05) is 26.4 Å². The highest BCUT2D eigenvalue weighted by Gasteiger charge is 2.05. The Labute approximate surface area is 90.6 Å². The zero-order valence-electron chi connectivity index (χ0n) is 9.06. The van der Waals surface area contributed by atoms with Gasteiger partial charge in [0.15, 0.2) is 0 Å². The topological polar surface area (TPSA) is 38.7 Å². The first-order valence-electron chi connectivity index (χ1n) is 5.23. The van der Waals surface area contributed by atoms with E-state index in [1.807, 2.05) is 37.3 Å². The molecule has 1 aromatic carbocycles. The first-order valence-corrected chi connectivity index (χ1v) is 5.23. The van der Waals surface area contributed by atoms with Crippen LogP contribution in [0.1, 0.15) is 18.6 Å². The van der Waals surface area contributed by atoms with Gasteiger partial charge in [-0.3, -0.25) is 0 Å². The minimum atomic E-state index is -0.548. The maximum Gasteiger partial charge on any atom is 0.102 e. The molecule has 0 aromatic heterocycles. The van der Waals surface area contributed by atoms with E-state index in [0.29, 0.717) is 26.4 Å². The van der Waals surface area contributed by atoms with Gasteiger partial charge in [0.25, 0.3) is 0 Å². The number of hydrogen-bond acceptors (Lipinski definition) is 3. The van der Waals surface area contributed by atoms with Gasteiger partial charge in [-0.1, -0.05) is 30.3 Å². The Kier molecular flexibility index (Phi) is 6.00. The van der Waals surface area contributed by atoms with E-state index in [0.717, 1.165) is 5.56 Å². The first kappa shape index (κ1) is 12.2. The molecular weight excluding hydrogens is 192 g/mol. The normalized spacial score (nSPS) is 12.7. The van der Waals surface area contributed by atoms with Crippen LogP contribution < -0.4 is 0 Å². The van der Waals surface area contributed by atoms with Gasteiger partial charge in [0.05, 0.1) is 19.8 Å². The molecule has 0 aliphatic heterocycles. The van der Waals surface area contributed by atoms with E-state index in [2.05, 4.69) is 0 Å². The van der Waals surface area contributed by atoms with E-state index >= 15 is 0 Å². The van der Waals surface area contributed by atoms with E-state index in [1.165, 1.54) is 0 Å². The van der Waals surface area contributed by atoms with Gasteiger partial charge >= 0.3 is 0 Å². The van der Waals surface area contributed by atoms with Gasteiger partial charge in [-0.15, -0.1) is 0 Å².